The summed E-state index contributed by atoms with van der Waals surface area (Å²) in [6.45, 7) is 4.55. The third-order valence-electron chi connectivity index (χ3n) is 2.01. The number of primary amides is 1. The van der Waals surface area contributed by atoms with Crippen LogP contribution in [0.15, 0.2) is 0 Å². The number of rotatable bonds is 5. The van der Waals surface area contributed by atoms with Gasteiger partial charge in [-0.25, -0.2) is 0 Å². The number of hydrogen-bond acceptors (Lipinski definition) is 3. The van der Waals surface area contributed by atoms with Crippen LogP contribution >= 0.6 is 0 Å². The Balaban J connectivity index is 4.89. The van der Waals surface area contributed by atoms with Gasteiger partial charge in [-0.15, -0.1) is 0 Å². The summed E-state index contributed by atoms with van der Waals surface area (Å²) in [5.74, 6) is -1.54. The summed E-state index contributed by atoms with van der Waals surface area (Å²) in [5.41, 5.74) is 3.69. The number of carbonyl (C=O) groups excluding carboxylic acids is 3. The number of nitrogens with one attached hydrogen (secondary N) is 2. The van der Waals surface area contributed by atoms with Crippen LogP contribution in [0.3, 0.4) is 0 Å². The van der Waals surface area contributed by atoms with Crippen LogP contribution in [-0.4, -0.2) is 23.4 Å². The van der Waals surface area contributed by atoms with Gasteiger partial charge in [-0.2, -0.15) is 0 Å². The largest absolute Gasteiger partial charge is 0.366 e. The van der Waals surface area contributed by atoms with Gasteiger partial charge in [0.05, 0.1) is 0 Å². The summed E-state index contributed by atoms with van der Waals surface area (Å²) in [5, 5.41) is 4.78. The van der Waals surface area contributed by atoms with Crippen molar-refractivity contribution in [2.75, 3.05) is 0 Å². The van der Waals surface area contributed by atoms with Gasteiger partial charge in [0.2, 0.25) is 11.8 Å². The van der Waals surface area contributed by atoms with E-state index in [1.807, 2.05) is 0 Å². The minimum Gasteiger partial charge on any atom is -0.366 e. The molecule has 0 rings (SSSR count). The molecule has 0 aliphatic heterocycles. The SMILES string of the molecule is CCC(=O)NC(CC)(NC(C)=O)C(N)=O. The van der Waals surface area contributed by atoms with Crippen LogP contribution in [0, 0.1) is 0 Å². The molecule has 0 aliphatic carbocycles. The molecule has 0 heterocycles. The molecule has 4 N–H and O–H groups in total. The lowest BCUT2D eigenvalue weighted by Gasteiger charge is -2.30. The highest BCUT2D eigenvalue weighted by Gasteiger charge is 2.36. The van der Waals surface area contributed by atoms with Gasteiger partial charge in [0.25, 0.3) is 5.91 Å². The summed E-state index contributed by atoms with van der Waals surface area (Å²) in [6.07, 6.45) is 0.419. The summed E-state index contributed by atoms with van der Waals surface area (Å²) >= 11 is 0. The Morgan fingerprint density at radius 1 is 1.20 bits per heavy atom. The normalized spacial score (nSPS) is 13.8. The van der Waals surface area contributed by atoms with E-state index in [-0.39, 0.29) is 18.7 Å². The van der Waals surface area contributed by atoms with Gasteiger partial charge in [0.15, 0.2) is 5.66 Å². The van der Waals surface area contributed by atoms with E-state index in [9.17, 15) is 14.4 Å². The average molecular weight is 215 g/mol. The lowest BCUT2D eigenvalue weighted by atomic mass is 10.1. The van der Waals surface area contributed by atoms with E-state index >= 15 is 0 Å². The fourth-order valence-electron chi connectivity index (χ4n) is 1.13. The van der Waals surface area contributed by atoms with Crippen molar-refractivity contribution < 1.29 is 14.4 Å². The molecule has 0 aromatic rings. The van der Waals surface area contributed by atoms with Crippen LogP contribution in [0.1, 0.15) is 33.6 Å². The maximum Gasteiger partial charge on any atom is 0.264 e. The zero-order valence-corrected chi connectivity index (χ0v) is 9.22. The molecule has 1 unspecified atom stereocenters. The van der Waals surface area contributed by atoms with Crippen LogP contribution < -0.4 is 16.4 Å². The highest BCUT2D eigenvalue weighted by Crippen LogP contribution is 2.06. The topological polar surface area (TPSA) is 101 Å². The van der Waals surface area contributed by atoms with Crippen molar-refractivity contribution in [3.63, 3.8) is 0 Å². The van der Waals surface area contributed by atoms with Crippen molar-refractivity contribution in [1.82, 2.24) is 10.6 Å². The second-order valence-corrected chi connectivity index (χ2v) is 3.21. The number of amides is 3. The van der Waals surface area contributed by atoms with E-state index in [2.05, 4.69) is 10.6 Å². The predicted octanol–water partition coefficient (Wildman–Crippen LogP) is -0.760. The summed E-state index contributed by atoms with van der Waals surface area (Å²) < 4.78 is 0. The molecule has 0 aromatic heterocycles. The minimum atomic E-state index is -1.47. The highest BCUT2D eigenvalue weighted by atomic mass is 16.2. The van der Waals surface area contributed by atoms with Crippen LogP contribution in [0.2, 0.25) is 0 Å². The lowest BCUT2D eigenvalue weighted by molar-refractivity contribution is -0.136. The highest BCUT2D eigenvalue weighted by molar-refractivity contribution is 5.93. The summed E-state index contributed by atoms with van der Waals surface area (Å²) in [6, 6.07) is 0. The molecule has 86 valence electrons. The van der Waals surface area contributed by atoms with Gasteiger partial charge in [-0.05, 0) is 6.42 Å². The monoisotopic (exact) mass is 215 g/mol. The van der Waals surface area contributed by atoms with Crippen LogP contribution in [-0.2, 0) is 14.4 Å². The number of hydrogen-bond donors (Lipinski definition) is 3. The molecule has 0 fully saturated rings. The second kappa shape index (κ2) is 5.33. The molecule has 1 atom stereocenters. The van der Waals surface area contributed by atoms with Gasteiger partial charge in [0.1, 0.15) is 0 Å². The lowest BCUT2D eigenvalue weighted by Crippen LogP contribution is -2.67. The molecule has 0 saturated heterocycles. The molecule has 6 nitrogen and oxygen atoms in total. The molecule has 0 saturated carbocycles. The van der Waals surface area contributed by atoms with Crippen LogP contribution in [0.5, 0.6) is 0 Å². The van der Waals surface area contributed by atoms with Crippen molar-refractivity contribution in [3.8, 4) is 0 Å². The first-order valence-electron chi connectivity index (χ1n) is 4.77. The zero-order chi connectivity index (χ0) is 12.1. The number of carbonyl (C=O) groups is 3. The van der Waals surface area contributed by atoms with E-state index in [1.54, 1.807) is 13.8 Å². The van der Waals surface area contributed by atoms with Crippen molar-refractivity contribution in [1.29, 1.82) is 0 Å². The fraction of sp³-hybridized carbons (Fsp3) is 0.667. The van der Waals surface area contributed by atoms with Crippen LogP contribution in [0.25, 0.3) is 0 Å². The van der Waals surface area contributed by atoms with E-state index in [1.165, 1.54) is 6.92 Å². The molecular formula is C9H17N3O3. The van der Waals surface area contributed by atoms with Crippen molar-refractivity contribution in [3.05, 3.63) is 0 Å². The fourth-order valence-corrected chi connectivity index (χ4v) is 1.13. The Hall–Kier alpha value is -1.59. The van der Waals surface area contributed by atoms with Crippen molar-refractivity contribution in [2.45, 2.75) is 39.3 Å². The third kappa shape index (κ3) is 3.57. The second-order valence-electron chi connectivity index (χ2n) is 3.21. The quantitative estimate of drug-likeness (QED) is 0.525. The Kier molecular flexibility index (Phi) is 4.77. The van der Waals surface area contributed by atoms with Gasteiger partial charge >= 0.3 is 0 Å². The molecular weight excluding hydrogens is 198 g/mol. The van der Waals surface area contributed by atoms with Gasteiger partial charge in [-0.1, -0.05) is 13.8 Å². The number of nitrogens with two attached hydrogens (primary N) is 1. The minimum absolute atomic E-state index is 0.202. The molecule has 0 aliphatic rings. The molecule has 0 radical (unpaired) electrons. The smallest absolute Gasteiger partial charge is 0.264 e. The molecule has 0 spiro atoms. The van der Waals surface area contributed by atoms with Gasteiger partial charge < -0.3 is 16.4 Å². The van der Waals surface area contributed by atoms with E-state index in [4.69, 9.17) is 5.73 Å². The van der Waals surface area contributed by atoms with E-state index in [0.29, 0.717) is 0 Å². The molecule has 0 aromatic carbocycles. The van der Waals surface area contributed by atoms with Crippen molar-refractivity contribution in [2.24, 2.45) is 5.73 Å². The summed E-state index contributed by atoms with van der Waals surface area (Å²) in [4.78, 5) is 33.4. The average Bonchev–Trinajstić information content (AvgIpc) is 2.15. The molecule has 0 bridgehead atoms. The Bertz CT molecular complexity index is 278. The molecule has 3 amide bonds. The first-order valence-corrected chi connectivity index (χ1v) is 4.77. The maximum absolute atomic E-state index is 11.2. The van der Waals surface area contributed by atoms with Crippen LogP contribution in [0.4, 0.5) is 0 Å². The first-order chi connectivity index (χ1) is 6.88. The maximum atomic E-state index is 11.2. The first kappa shape index (κ1) is 13.4. The van der Waals surface area contributed by atoms with E-state index < -0.39 is 17.5 Å². The predicted molar refractivity (Wildman–Crippen MR) is 54.5 cm³/mol. The molecule has 6 heteroatoms. The zero-order valence-electron chi connectivity index (χ0n) is 9.22. The standard InChI is InChI=1S/C9H17N3O3/c1-4-7(14)12-9(5-2,8(10)15)11-6(3)13/h4-5H2,1-3H3,(H2,10,15)(H,11,13)(H,12,14). The van der Waals surface area contributed by atoms with Crippen molar-refractivity contribution >= 4 is 17.7 Å². The van der Waals surface area contributed by atoms with Gasteiger partial charge in [-0.3, -0.25) is 14.4 Å². The summed E-state index contributed by atoms with van der Waals surface area (Å²) in [7, 11) is 0. The third-order valence-corrected chi connectivity index (χ3v) is 2.01. The Morgan fingerprint density at radius 3 is 2.00 bits per heavy atom. The Morgan fingerprint density at radius 2 is 1.73 bits per heavy atom. The molecule has 15 heavy (non-hydrogen) atoms. The van der Waals surface area contributed by atoms with Gasteiger partial charge in [0, 0.05) is 13.3 Å². The Labute approximate surface area is 88.6 Å². The van der Waals surface area contributed by atoms with E-state index in [0.717, 1.165) is 0 Å².